The van der Waals surface area contributed by atoms with Crippen LogP contribution in [0.2, 0.25) is 0 Å². The van der Waals surface area contributed by atoms with Gasteiger partial charge in [0.2, 0.25) is 17.7 Å². The van der Waals surface area contributed by atoms with Gasteiger partial charge in [0.15, 0.2) is 6.61 Å². The molecule has 0 aromatic heterocycles. The zero-order chi connectivity index (χ0) is 32.3. The van der Waals surface area contributed by atoms with Crippen molar-refractivity contribution in [3.05, 3.63) is 66.2 Å². The van der Waals surface area contributed by atoms with Crippen LogP contribution in [-0.2, 0) is 28.7 Å². The second-order valence-corrected chi connectivity index (χ2v) is 11.4. The summed E-state index contributed by atoms with van der Waals surface area (Å²) in [5.74, 6) is -0.958. The van der Waals surface area contributed by atoms with Crippen molar-refractivity contribution in [2.24, 2.45) is 0 Å². The number of nitrogens with zero attached hydrogens (tertiary/aromatic N) is 4. The van der Waals surface area contributed by atoms with Crippen molar-refractivity contribution in [2.75, 3.05) is 78.8 Å². The lowest BCUT2D eigenvalue weighted by Crippen LogP contribution is -2.64. The molecule has 0 saturated carbocycles. The third-order valence-corrected chi connectivity index (χ3v) is 8.44. The van der Waals surface area contributed by atoms with Crippen molar-refractivity contribution in [3.63, 3.8) is 0 Å². The molecule has 1 N–H and O–H groups in total. The fourth-order valence-corrected chi connectivity index (χ4v) is 5.91. The number of rotatable bonds is 5. The zero-order valence-electron chi connectivity index (χ0n) is 25.9. The highest BCUT2D eigenvalue weighted by molar-refractivity contribution is 5.94. The molecule has 3 saturated heterocycles. The molecule has 3 heterocycles. The first-order chi connectivity index (χ1) is 22.4. The van der Waals surface area contributed by atoms with E-state index < -0.39 is 17.9 Å². The van der Waals surface area contributed by atoms with Crippen LogP contribution in [0.15, 0.2) is 60.7 Å². The van der Waals surface area contributed by atoms with Gasteiger partial charge in [0, 0.05) is 44.3 Å². The van der Waals surface area contributed by atoms with Crippen molar-refractivity contribution in [3.8, 4) is 5.75 Å². The van der Waals surface area contributed by atoms with Crippen molar-refractivity contribution in [1.82, 2.24) is 24.9 Å². The molecule has 3 aliphatic heterocycles. The van der Waals surface area contributed by atoms with Gasteiger partial charge in [0.05, 0.1) is 26.4 Å². The topological polar surface area (TPSA) is 138 Å². The van der Waals surface area contributed by atoms with E-state index in [-0.39, 0.29) is 89.5 Å². The predicted molar refractivity (Wildman–Crippen MR) is 166 cm³/mol. The molecule has 0 bridgehead atoms. The Bertz CT molecular complexity index is 1350. The number of carbonyl (C=O) groups excluding carboxylic acids is 5. The molecule has 0 aliphatic carbocycles. The lowest BCUT2D eigenvalue weighted by Gasteiger charge is -2.42. The van der Waals surface area contributed by atoms with E-state index in [4.69, 9.17) is 14.2 Å². The zero-order valence-corrected chi connectivity index (χ0v) is 25.9. The Kier molecular flexibility index (Phi) is 11.6. The predicted octanol–water partition coefficient (Wildman–Crippen LogP) is 0.401. The fraction of sp³-hybridized carbons (Fsp3) is 0.485. The highest BCUT2D eigenvalue weighted by Crippen LogP contribution is 2.21. The number of amides is 5. The number of piperidine rings is 1. The van der Waals surface area contributed by atoms with Crippen LogP contribution >= 0.6 is 0 Å². The molecule has 0 spiro atoms. The number of carbonyl (C=O) groups is 5. The van der Waals surface area contributed by atoms with Gasteiger partial charge in [-0.1, -0.05) is 36.4 Å². The van der Waals surface area contributed by atoms with Gasteiger partial charge in [-0.05, 0) is 37.1 Å². The van der Waals surface area contributed by atoms with Crippen molar-refractivity contribution in [2.45, 2.75) is 24.9 Å². The molecule has 246 valence electrons. The van der Waals surface area contributed by atoms with Gasteiger partial charge >= 0.3 is 0 Å². The minimum absolute atomic E-state index is 0.00748. The van der Waals surface area contributed by atoms with Crippen molar-refractivity contribution >= 4 is 29.5 Å². The van der Waals surface area contributed by atoms with Crippen LogP contribution in [0.1, 0.15) is 23.2 Å². The average Bonchev–Trinajstić information content (AvgIpc) is 3.10. The van der Waals surface area contributed by atoms with Crippen molar-refractivity contribution < 1.29 is 38.2 Å². The van der Waals surface area contributed by atoms with E-state index >= 15 is 0 Å². The molecule has 3 aliphatic rings. The number of ether oxygens (including phenoxy) is 3. The first kappa shape index (κ1) is 32.9. The number of para-hydroxylation sites is 1. The van der Waals surface area contributed by atoms with Gasteiger partial charge in [0.1, 0.15) is 24.9 Å². The largest absolute Gasteiger partial charge is 0.484 e. The van der Waals surface area contributed by atoms with E-state index in [0.717, 1.165) is 0 Å². The Balaban J connectivity index is 1.27. The Labute approximate surface area is 268 Å². The number of benzene rings is 2. The lowest BCUT2D eigenvalue weighted by atomic mass is 10.0. The Morgan fingerprint density at radius 1 is 0.783 bits per heavy atom. The maximum atomic E-state index is 13.9. The van der Waals surface area contributed by atoms with Gasteiger partial charge in [-0.15, -0.1) is 0 Å². The summed E-state index contributed by atoms with van der Waals surface area (Å²) >= 11 is 0. The molecule has 2 aromatic carbocycles. The van der Waals surface area contributed by atoms with Crippen LogP contribution in [0.3, 0.4) is 0 Å². The van der Waals surface area contributed by atoms with Gasteiger partial charge in [0.25, 0.3) is 11.8 Å². The second kappa shape index (κ2) is 16.2. The molecule has 0 unspecified atom stereocenters. The maximum Gasteiger partial charge on any atom is 0.260 e. The number of hydrogen-bond donors (Lipinski definition) is 1. The molecule has 2 aromatic rings. The van der Waals surface area contributed by atoms with Gasteiger partial charge in [-0.2, -0.15) is 0 Å². The van der Waals surface area contributed by atoms with E-state index in [1.807, 2.05) is 36.4 Å². The monoisotopic (exact) mass is 635 g/mol. The SMILES string of the molecule is O=C1NCCOCCOCC(=O)N(C2CCN(C(=O)c3ccccc3)CC2)CC(=O)N2CCN(C(=O)COc3ccccc3)C[C@@H]12. The molecule has 5 rings (SSSR count). The number of nitrogens with one attached hydrogen (secondary N) is 1. The molecule has 5 amide bonds. The second-order valence-electron chi connectivity index (χ2n) is 11.4. The Morgan fingerprint density at radius 2 is 1.48 bits per heavy atom. The lowest BCUT2D eigenvalue weighted by molar-refractivity contribution is -0.153. The molecule has 1 atom stereocenters. The summed E-state index contributed by atoms with van der Waals surface area (Å²) in [4.78, 5) is 73.0. The van der Waals surface area contributed by atoms with Crippen LogP contribution in [-0.4, -0.2) is 140 Å². The van der Waals surface area contributed by atoms with Crippen LogP contribution < -0.4 is 10.1 Å². The van der Waals surface area contributed by atoms with Crippen LogP contribution in [0.25, 0.3) is 0 Å². The number of fused-ring (bicyclic) bond motifs is 1. The molecular weight excluding hydrogens is 594 g/mol. The summed E-state index contributed by atoms with van der Waals surface area (Å²) in [5, 5.41) is 2.82. The summed E-state index contributed by atoms with van der Waals surface area (Å²) in [6.07, 6.45) is 0.989. The van der Waals surface area contributed by atoms with Crippen LogP contribution in [0.5, 0.6) is 5.75 Å². The third kappa shape index (κ3) is 8.61. The molecule has 0 radical (unpaired) electrons. The summed E-state index contributed by atoms with van der Waals surface area (Å²) in [7, 11) is 0. The van der Waals surface area contributed by atoms with E-state index in [2.05, 4.69) is 5.32 Å². The van der Waals surface area contributed by atoms with E-state index in [1.54, 1.807) is 29.2 Å². The summed E-state index contributed by atoms with van der Waals surface area (Å²) in [6.45, 7) is 1.39. The minimum atomic E-state index is -0.953. The minimum Gasteiger partial charge on any atom is -0.484 e. The average molecular weight is 636 g/mol. The molecule has 46 heavy (non-hydrogen) atoms. The number of hydrogen-bond acceptors (Lipinski definition) is 8. The first-order valence-electron chi connectivity index (χ1n) is 15.7. The molecular formula is C33H41N5O8. The summed E-state index contributed by atoms with van der Waals surface area (Å²) in [6, 6.07) is 16.8. The van der Waals surface area contributed by atoms with E-state index in [1.165, 1.54) is 14.7 Å². The number of piperazine rings is 1. The standard InChI is InChI=1S/C33H41N5O8/c39-29-22-38(26-11-14-35(15-12-26)33(43)25-7-3-1-4-8-25)31(41)23-45-20-19-44-18-13-34-32(42)28-21-36(16-17-37(28)29)30(40)24-46-27-9-5-2-6-10-27/h1-10,26,28H,11-24H2,(H,34,42)/t28-/m0/s1. The quantitative estimate of drug-likeness (QED) is 0.499. The van der Waals surface area contributed by atoms with Crippen LogP contribution in [0, 0.1) is 0 Å². The smallest absolute Gasteiger partial charge is 0.260 e. The Hall–Kier alpha value is -4.49. The highest BCUT2D eigenvalue weighted by atomic mass is 16.5. The molecule has 13 heteroatoms. The maximum absolute atomic E-state index is 13.9. The highest BCUT2D eigenvalue weighted by Gasteiger charge is 2.39. The van der Waals surface area contributed by atoms with E-state index in [0.29, 0.717) is 37.2 Å². The summed E-state index contributed by atoms with van der Waals surface area (Å²) < 4.78 is 16.7. The van der Waals surface area contributed by atoms with Gasteiger partial charge in [-0.3, -0.25) is 24.0 Å². The molecule has 13 nitrogen and oxygen atoms in total. The van der Waals surface area contributed by atoms with Crippen LogP contribution in [0.4, 0.5) is 0 Å². The third-order valence-electron chi connectivity index (χ3n) is 8.44. The normalized spacial score (nSPS) is 21.1. The summed E-state index contributed by atoms with van der Waals surface area (Å²) in [5.41, 5.74) is 0.602. The van der Waals surface area contributed by atoms with E-state index in [9.17, 15) is 24.0 Å². The van der Waals surface area contributed by atoms with Crippen molar-refractivity contribution in [1.29, 1.82) is 0 Å². The first-order valence-corrected chi connectivity index (χ1v) is 15.7. The Morgan fingerprint density at radius 3 is 2.22 bits per heavy atom. The fourth-order valence-electron chi connectivity index (χ4n) is 5.91. The van der Waals surface area contributed by atoms with Gasteiger partial charge in [-0.25, -0.2) is 0 Å². The molecule has 3 fully saturated rings. The number of likely N-dealkylation sites (tertiary alicyclic amines) is 1. The van der Waals surface area contributed by atoms with Gasteiger partial charge < -0.3 is 39.1 Å².